The SMILES string of the molecule is COC(=O)COC1(C(F)(F)F)CNC1.Cl. The van der Waals surface area contributed by atoms with Gasteiger partial charge in [-0.3, -0.25) is 0 Å². The van der Waals surface area contributed by atoms with E-state index in [9.17, 15) is 18.0 Å². The van der Waals surface area contributed by atoms with Crippen molar-refractivity contribution < 1.29 is 27.4 Å². The second-order valence-corrected chi connectivity index (χ2v) is 2.96. The molecule has 1 heterocycles. The first-order chi connectivity index (χ1) is 6.41. The maximum absolute atomic E-state index is 12.4. The zero-order chi connectivity index (χ0) is 10.8. The van der Waals surface area contributed by atoms with Gasteiger partial charge in [0.05, 0.1) is 7.11 Å². The van der Waals surface area contributed by atoms with Gasteiger partial charge in [0.25, 0.3) is 0 Å². The van der Waals surface area contributed by atoms with Gasteiger partial charge in [-0.1, -0.05) is 0 Å². The molecular weight excluding hydrogens is 239 g/mol. The van der Waals surface area contributed by atoms with Gasteiger partial charge in [-0.15, -0.1) is 12.4 Å². The fourth-order valence-corrected chi connectivity index (χ4v) is 0.992. The third-order valence-electron chi connectivity index (χ3n) is 2.03. The number of alkyl halides is 3. The number of ether oxygens (including phenoxy) is 2. The molecule has 1 fully saturated rings. The van der Waals surface area contributed by atoms with Gasteiger partial charge in [0.1, 0.15) is 6.61 Å². The smallest absolute Gasteiger partial charge is 0.419 e. The van der Waals surface area contributed by atoms with Crippen LogP contribution in [0, 0.1) is 0 Å². The molecule has 0 spiro atoms. The van der Waals surface area contributed by atoms with Gasteiger partial charge < -0.3 is 14.8 Å². The molecular formula is C7H11ClF3NO3. The zero-order valence-electron chi connectivity index (χ0n) is 7.89. The lowest BCUT2D eigenvalue weighted by Gasteiger charge is -2.42. The van der Waals surface area contributed by atoms with E-state index in [4.69, 9.17) is 0 Å². The van der Waals surface area contributed by atoms with Gasteiger partial charge in [-0.2, -0.15) is 13.2 Å². The van der Waals surface area contributed by atoms with Crippen LogP contribution in [0.5, 0.6) is 0 Å². The Hall–Kier alpha value is -0.530. The quantitative estimate of drug-likeness (QED) is 0.740. The molecule has 15 heavy (non-hydrogen) atoms. The van der Waals surface area contributed by atoms with Crippen LogP contribution in [-0.4, -0.2) is 44.6 Å². The van der Waals surface area contributed by atoms with Crippen molar-refractivity contribution in [3.05, 3.63) is 0 Å². The number of carbonyl (C=O) groups is 1. The molecule has 4 nitrogen and oxygen atoms in total. The first kappa shape index (κ1) is 14.5. The molecule has 0 aromatic carbocycles. The minimum Gasteiger partial charge on any atom is -0.467 e. The number of hydrogen-bond donors (Lipinski definition) is 1. The van der Waals surface area contributed by atoms with E-state index in [1.165, 1.54) is 0 Å². The summed E-state index contributed by atoms with van der Waals surface area (Å²) in [6.45, 7) is -1.33. The summed E-state index contributed by atoms with van der Waals surface area (Å²) in [5.74, 6) is -0.819. The Kier molecular flexibility index (Phi) is 4.82. The summed E-state index contributed by atoms with van der Waals surface area (Å²) in [7, 11) is 1.09. The maximum Gasteiger partial charge on any atom is 0.419 e. The Balaban J connectivity index is 0.00000196. The summed E-state index contributed by atoms with van der Waals surface area (Å²) in [4.78, 5) is 10.6. The Morgan fingerprint density at radius 1 is 1.47 bits per heavy atom. The molecule has 90 valence electrons. The molecule has 0 bridgehead atoms. The van der Waals surface area contributed by atoms with E-state index >= 15 is 0 Å². The molecule has 1 aliphatic heterocycles. The van der Waals surface area contributed by atoms with Gasteiger partial charge >= 0.3 is 12.1 Å². The van der Waals surface area contributed by atoms with Crippen molar-refractivity contribution in [1.82, 2.24) is 5.32 Å². The highest BCUT2D eigenvalue weighted by molar-refractivity contribution is 5.85. The summed E-state index contributed by atoms with van der Waals surface area (Å²) in [5.41, 5.74) is -2.22. The lowest BCUT2D eigenvalue weighted by Crippen LogP contribution is -2.69. The third kappa shape index (κ3) is 2.96. The van der Waals surface area contributed by atoms with Crippen molar-refractivity contribution in [1.29, 1.82) is 0 Å². The topological polar surface area (TPSA) is 47.6 Å². The number of methoxy groups -OCH3 is 1. The molecule has 0 atom stereocenters. The molecule has 1 rings (SSSR count). The van der Waals surface area contributed by atoms with Crippen molar-refractivity contribution in [3.8, 4) is 0 Å². The first-order valence-corrected chi connectivity index (χ1v) is 3.89. The molecule has 8 heteroatoms. The Morgan fingerprint density at radius 3 is 2.27 bits per heavy atom. The minimum absolute atomic E-state index is 0. The van der Waals surface area contributed by atoms with Gasteiger partial charge in [0, 0.05) is 13.1 Å². The van der Waals surface area contributed by atoms with Crippen LogP contribution in [-0.2, 0) is 14.3 Å². The van der Waals surface area contributed by atoms with Crippen LogP contribution in [0.15, 0.2) is 0 Å². The van der Waals surface area contributed by atoms with E-state index in [0.717, 1.165) is 7.11 Å². The Labute approximate surface area is 90.5 Å². The van der Waals surface area contributed by atoms with Gasteiger partial charge in [-0.05, 0) is 0 Å². The van der Waals surface area contributed by atoms with Crippen molar-refractivity contribution in [3.63, 3.8) is 0 Å². The standard InChI is InChI=1S/C7H10F3NO3.ClH/c1-13-5(12)2-14-6(3-11-4-6)7(8,9)10;/h11H,2-4H2,1H3;1H. The number of carbonyl (C=O) groups excluding carboxylic acids is 1. The molecule has 0 saturated carbocycles. The van der Waals surface area contributed by atoms with Crippen molar-refractivity contribution in [2.75, 3.05) is 26.8 Å². The van der Waals surface area contributed by atoms with E-state index in [0.29, 0.717) is 0 Å². The lowest BCUT2D eigenvalue weighted by atomic mass is 9.96. The fourth-order valence-electron chi connectivity index (χ4n) is 0.992. The van der Waals surface area contributed by atoms with Crippen LogP contribution in [0.3, 0.4) is 0 Å². The van der Waals surface area contributed by atoms with Crippen LogP contribution in [0.2, 0.25) is 0 Å². The number of halogens is 4. The molecule has 1 saturated heterocycles. The summed E-state index contributed by atoms with van der Waals surface area (Å²) >= 11 is 0. The van der Waals surface area contributed by atoms with Crippen molar-refractivity contribution in [2.24, 2.45) is 0 Å². The van der Waals surface area contributed by atoms with E-state index in [2.05, 4.69) is 14.8 Å². The fraction of sp³-hybridized carbons (Fsp3) is 0.857. The average molecular weight is 250 g/mol. The maximum atomic E-state index is 12.4. The normalized spacial score (nSPS) is 18.7. The predicted molar refractivity (Wildman–Crippen MR) is 46.9 cm³/mol. The highest BCUT2D eigenvalue weighted by Gasteiger charge is 2.60. The Morgan fingerprint density at radius 2 is 2.00 bits per heavy atom. The van der Waals surface area contributed by atoms with E-state index < -0.39 is 24.4 Å². The number of hydrogen-bond acceptors (Lipinski definition) is 4. The molecule has 0 aliphatic carbocycles. The zero-order valence-corrected chi connectivity index (χ0v) is 8.70. The predicted octanol–water partition coefficient (Wildman–Crippen LogP) is 0.502. The Bertz CT molecular complexity index is 230. The number of rotatable bonds is 3. The second kappa shape index (κ2) is 5.00. The van der Waals surface area contributed by atoms with Crippen LogP contribution >= 0.6 is 12.4 Å². The monoisotopic (exact) mass is 249 g/mol. The summed E-state index contributed by atoms with van der Waals surface area (Å²) in [6, 6.07) is 0. The van der Waals surface area contributed by atoms with E-state index in [1.54, 1.807) is 0 Å². The van der Waals surface area contributed by atoms with Crippen LogP contribution in [0.1, 0.15) is 0 Å². The molecule has 1 aliphatic rings. The number of esters is 1. The van der Waals surface area contributed by atoms with Crippen LogP contribution in [0.25, 0.3) is 0 Å². The molecule has 0 amide bonds. The molecule has 0 unspecified atom stereocenters. The highest BCUT2D eigenvalue weighted by Crippen LogP contribution is 2.36. The van der Waals surface area contributed by atoms with Crippen molar-refractivity contribution >= 4 is 18.4 Å². The average Bonchev–Trinajstić information content (AvgIpc) is 1.99. The molecule has 0 radical (unpaired) electrons. The third-order valence-corrected chi connectivity index (χ3v) is 2.03. The largest absolute Gasteiger partial charge is 0.467 e. The minimum atomic E-state index is -4.47. The summed E-state index contributed by atoms with van der Waals surface area (Å²) in [6.07, 6.45) is -4.47. The first-order valence-electron chi connectivity index (χ1n) is 3.89. The lowest BCUT2D eigenvalue weighted by molar-refractivity contribution is -0.292. The van der Waals surface area contributed by atoms with Crippen LogP contribution < -0.4 is 5.32 Å². The van der Waals surface area contributed by atoms with Crippen LogP contribution in [0.4, 0.5) is 13.2 Å². The highest BCUT2D eigenvalue weighted by atomic mass is 35.5. The van der Waals surface area contributed by atoms with Gasteiger partial charge in [0.15, 0.2) is 5.60 Å². The number of nitrogens with one attached hydrogen (secondary N) is 1. The summed E-state index contributed by atoms with van der Waals surface area (Å²) < 4.78 is 45.9. The molecule has 1 N–H and O–H groups in total. The van der Waals surface area contributed by atoms with Gasteiger partial charge in [0.2, 0.25) is 0 Å². The van der Waals surface area contributed by atoms with Gasteiger partial charge in [-0.25, -0.2) is 4.79 Å². The summed E-state index contributed by atoms with van der Waals surface area (Å²) in [5, 5.41) is 2.45. The molecule has 0 aromatic heterocycles. The van der Waals surface area contributed by atoms with E-state index in [1.807, 2.05) is 0 Å². The van der Waals surface area contributed by atoms with Crippen molar-refractivity contribution in [2.45, 2.75) is 11.8 Å². The second-order valence-electron chi connectivity index (χ2n) is 2.96. The molecule has 0 aromatic rings. The van der Waals surface area contributed by atoms with E-state index in [-0.39, 0.29) is 25.5 Å².